The molecular weight excluding hydrogens is 366 g/mol. The van der Waals surface area contributed by atoms with Crippen LogP contribution in [0.4, 0.5) is 0 Å². The van der Waals surface area contributed by atoms with Gasteiger partial charge in [-0.3, -0.25) is 19.8 Å². The van der Waals surface area contributed by atoms with Crippen molar-refractivity contribution in [1.29, 1.82) is 0 Å². The standard InChI is InChI=1S/C18H19N5O3S/c1-10(14-8-12(9-23(14)3)16(24)22-26)20-17(25)15-11(2)21-18(27-15)13-6-4-5-7-19-13/h4-10,26H,1-3H3,(H,20,25)(H,22,24)/t10-/m1/s1. The second-order valence-electron chi connectivity index (χ2n) is 6.05. The molecule has 0 saturated carbocycles. The van der Waals surface area contributed by atoms with Gasteiger partial charge >= 0.3 is 0 Å². The minimum Gasteiger partial charge on any atom is -0.352 e. The molecule has 0 aliphatic rings. The zero-order valence-corrected chi connectivity index (χ0v) is 15.9. The maximum absolute atomic E-state index is 12.7. The lowest BCUT2D eigenvalue weighted by atomic mass is 10.2. The molecule has 0 saturated heterocycles. The van der Waals surface area contributed by atoms with Gasteiger partial charge in [0.15, 0.2) is 0 Å². The molecule has 0 spiro atoms. The van der Waals surface area contributed by atoms with Crippen molar-refractivity contribution in [2.45, 2.75) is 19.9 Å². The minimum atomic E-state index is -0.603. The van der Waals surface area contributed by atoms with Crippen molar-refractivity contribution < 1.29 is 14.8 Å². The summed E-state index contributed by atoms with van der Waals surface area (Å²) in [6.45, 7) is 3.61. The van der Waals surface area contributed by atoms with Crippen LogP contribution in [0.3, 0.4) is 0 Å². The Morgan fingerprint density at radius 2 is 2.07 bits per heavy atom. The first kappa shape index (κ1) is 18.7. The van der Waals surface area contributed by atoms with E-state index in [1.165, 1.54) is 11.3 Å². The molecule has 3 N–H and O–H groups in total. The van der Waals surface area contributed by atoms with Crippen LogP contribution in [-0.2, 0) is 7.05 Å². The van der Waals surface area contributed by atoms with Gasteiger partial charge in [-0.1, -0.05) is 6.07 Å². The van der Waals surface area contributed by atoms with E-state index >= 15 is 0 Å². The molecule has 3 aromatic rings. The molecule has 3 heterocycles. The van der Waals surface area contributed by atoms with Crippen LogP contribution in [0.25, 0.3) is 10.7 Å². The number of rotatable bonds is 5. The van der Waals surface area contributed by atoms with Crippen LogP contribution < -0.4 is 10.8 Å². The number of carbonyl (C=O) groups excluding carboxylic acids is 2. The Labute approximate surface area is 159 Å². The number of carbonyl (C=O) groups is 2. The fourth-order valence-electron chi connectivity index (χ4n) is 2.74. The van der Waals surface area contributed by atoms with E-state index in [-0.39, 0.29) is 11.9 Å². The van der Waals surface area contributed by atoms with Crippen LogP contribution >= 0.6 is 11.3 Å². The lowest BCUT2D eigenvalue weighted by Gasteiger charge is -2.14. The van der Waals surface area contributed by atoms with E-state index < -0.39 is 5.91 Å². The average Bonchev–Trinajstić information content (AvgIpc) is 3.25. The number of aryl methyl sites for hydroxylation is 2. The SMILES string of the molecule is Cc1nc(-c2ccccn2)sc1C(=O)N[C@H](C)c1cc(C(=O)NO)cn1C. The Morgan fingerprint density at radius 1 is 1.30 bits per heavy atom. The number of nitrogens with zero attached hydrogens (tertiary/aromatic N) is 3. The van der Waals surface area contributed by atoms with Crippen LogP contribution in [0.1, 0.15) is 44.4 Å². The first-order valence-electron chi connectivity index (χ1n) is 8.21. The monoisotopic (exact) mass is 385 g/mol. The summed E-state index contributed by atoms with van der Waals surface area (Å²) in [5.41, 5.74) is 4.00. The van der Waals surface area contributed by atoms with E-state index in [0.717, 1.165) is 11.4 Å². The maximum Gasteiger partial charge on any atom is 0.276 e. The lowest BCUT2D eigenvalue weighted by molar-refractivity contribution is 0.0706. The highest BCUT2D eigenvalue weighted by Gasteiger charge is 2.21. The molecule has 1 atom stereocenters. The number of hydrogen-bond acceptors (Lipinski definition) is 6. The van der Waals surface area contributed by atoms with E-state index in [1.54, 1.807) is 42.5 Å². The molecule has 9 heteroatoms. The number of hydrogen-bond donors (Lipinski definition) is 3. The van der Waals surface area contributed by atoms with Crippen LogP contribution in [0.5, 0.6) is 0 Å². The first-order valence-corrected chi connectivity index (χ1v) is 9.02. The molecule has 27 heavy (non-hydrogen) atoms. The number of thiazole rings is 1. The molecular formula is C18H19N5O3S. The highest BCUT2D eigenvalue weighted by atomic mass is 32.1. The Hall–Kier alpha value is -3.04. The van der Waals surface area contributed by atoms with Crippen LogP contribution in [0.2, 0.25) is 0 Å². The highest BCUT2D eigenvalue weighted by Crippen LogP contribution is 2.27. The molecule has 8 nitrogen and oxygen atoms in total. The quantitative estimate of drug-likeness (QED) is 0.462. The van der Waals surface area contributed by atoms with Gasteiger partial charge in [-0.15, -0.1) is 11.3 Å². The molecule has 140 valence electrons. The van der Waals surface area contributed by atoms with Gasteiger partial charge in [0.2, 0.25) is 0 Å². The zero-order chi connectivity index (χ0) is 19.6. The number of hydroxylamine groups is 1. The van der Waals surface area contributed by atoms with Gasteiger partial charge in [0.25, 0.3) is 11.8 Å². The van der Waals surface area contributed by atoms with Crippen molar-refractivity contribution in [3.05, 3.63) is 58.5 Å². The second-order valence-corrected chi connectivity index (χ2v) is 7.05. The van der Waals surface area contributed by atoms with Crippen molar-refractivity contribution in [2.24, 2.45) is 7.05 Å². The Balaban J connectivity index is 1.79. The number of aromatic nitrogens is 3. The fraction of sp³-hybridized carbons (Fsp3) is 0.222. The maximum atomic E-state index is 12.7. The van der Waals surface area contributed by atoms with Crippen molar-refractivity contribution in [3.8, 4) is 10.7 Å². The Kier molecular flexibility index (Phi) is 5.33. The van der Waals surface area contributed by atoms with Gasteiger partial charge in [0.1, 0.15) is 9.88 Å². The average molecular weight is 385 g/mol. The van der Waals surface area contributed by atoms with Crippen molar-refractivity contribution >= 4 is 23.2 Å². The third-order valence-electron chi connectivity index (χ3n) is 4.09. The van der Waals surface area contributed by atoms with Gasteiger partial charge < -0.3 is 9.88 Å². The van der Waals surface area contributed by atoms with E-state index in [0.29, 0.717) is 21.1 Å². The molecule has 0 aromatic carbocycles. The summed E-state index contributed by atoms with van der Waals surface area (Å²) >= 11 is 1.29. The fourth-order valence-corrected chi connectivity index (χ4v) is 3.69. The van der Waals surface area contributed by atoms with Gasteiger partial charge in [-0.2, -0.15) is 0 Å². The zero-order valence-electron chi connectivity index (χ0n) is 15.1. The summed E-state index contributed by atoms with van der Waals surface area (Å²) in [6.07, 6.45) is 3.27. The van der Waals surface area contributed by atoms with E-state index in [4.69, 9.17) is 5.21 Å². The highest BCUT2D eigenvalue weighted by molar-refractivity contribution is 7.17. The third kappa shape index (κ3) is 3.88. The summed E-state index contributed by atoms with van der Waals surface area (Å²) < 4.78 is 1.73. The summed E-state index contributed by atoms with van der Waals surface area (Å²) in [4.78, 5) is 33.5. The van der Waals surface area contributed by atoms with E-state index in [2.05, 4.69) is 15.3 Å². The summed E-state index contributed by atoms with van der Waals surface area (Å²) in [7, 11) is 1.77. The summed E-state index contributed by atoms with van der Waals surface area (Å²) in [5, 5.41) is 12.4. The summed E-state index contributed by atoms with van der Waals surface area (Å²) in [5.74, 6) is -0.845. The van der Waals surface area contributed by atoms with Gasteiger partial charge in [-0.05, 0) is 32.0 Å². The topological polar surface area (TPSA) is 109 Å². The van der Waals surface area contributed by atoms with Gasteiger partial charge in [0, 0.05) is 25.1 Å². The van der Waals surface area contributed by atoms with Crippen molar-refractivity contribution in [1.82, 2.24) is 25.3 Å². The number of amides is 2. The predicted octanol–water partition coefficient (Wildman–Crippen LogP) is 2.46. The van der Waals surface area contributed by atoms with Crippen molar-refractivity contribution in [3.63, 3.8) is 0 Å². The third-order valence-corrected chi connectivity index (χ3v) is 5.26. The predicted molar refractivity (Wildman–Crippen MR) is 101 cm³/mol. The molecule has 0 bridgehead atoms. The molecule has 0 fully saturated rings. The normalized spacial score (nSPS) is 11.9. The molecule has 2 amide bonds. The molecule has 0 unspecified atom stereocenters. The van der Waals surface area contributed by atoms with Gasteiger partial charge in [-0.25, -0.2) is 10.5 Å². The molecule has 0 aliphatic carbocycles. The number of nitrogens with one attached hydrogen (secondary N) is 2. The molecule has 0 aliphatic heterocycles. The lowest BCUT2D eigenvalue weighted by Crippen LogP contribution is -2.27. The van der Waals surface area contributed by atoms with Crippen LogP contribution in [0, 0.1) is 6.92 Å². The Morgan fingerprint density at radius 3 is 2.74 bits per heavy atom. The minimum absolute atomic E-state index is 0.242. The molecule has 3 aromatic heterocycles. The van der Waals surface area contributed by atoms with E-state index in [1.807, 2.05) is 25.1 Å². The first-order chi connectivity index (χ1) is 12.9. The molecule has 0 radical (unpaired) electrons. The Bertz CT molecular complexity index is 980. The van der Waals surface area contributed by atoms with Gasteiger partial charge in [0.05, 0.1) is 23.0 Å². The van der Waals surface area contributed by atoms with E-state index in [9.17, 15) is 9.59 Å². The molecule has 3 rings (SSSR count). The van der Waals surface area contributed by atoms with Crippen LogP contribution in [-0.4, -0.2) is 31.6 Å². The van der Waals surface area contributed by atoms with Crippen LogP contribution in [0.15, 0.2) is 36.7 Å². The smallest absolute Gasteiger partial charge is 0.276 e. The second kappa shape index (κ2) is 7.68. The van der Waals surface area contributed by atoms with Crippen molar-refractivity contribution in [2.75, 3.05) is 0 Å². The summed E-state index contributed by atoms with van der Waals surface area (Å²) in [6, 6.07) is 6.82. The number of pyridine rings is 1. The largest absolute Gasteiger partial charge is 0.352 e.